The van der Waals surface area contributed by atoms with Crippen molar-refractivity contribution in [3.8, 4) is 5.75 Å². The van der Waals surface area contributed by atoms with Gasteiger partial charge in [0.05, 0.1) is 19.8 Å². The molecule has 0 saturated carbocycles. The van der Waals surface area contributed by atoms with Crippen molar-refractivity contribution in [2.75, 3.05) is 24.8 Å². The maximum absolute atomic E-state index is 7.28. The normalized spacial score (nSPS) is 16.3. The SMILES string of the molecule is Cc1ccc(OCC2(C)COC2)c(N(C=N)N=N)c1. The first kappa shape index (κ1) is 13.5. The van der Waals surface area contributed by atoms with E-state index in [-0.39, 0.29) is 5.41 Å². The van der Waals surface area contributed by atoms with Crippen molar-refractivity contribution in [1.29, 1.82) is 10.9 Å². The van der Waals surface area contributed by atoms with E-state index in [2.05, 4.69) is 12.1 Å². The number of hydrogen-bond donors (Lipinski definition) is 2. The molecule has 0 spiro atoms. The Labute approximate surface area is 112 Å². The molecule has 1 aromatic rings. The summed E-state index contributed by atoms with van der Waals surface area (Å²) in [4.78, 5) is 0. The number of ether oxygens (including phenoxy) is 2. The summed E-state index contributed by atoms with van der Waals surface area (Å²) in [6.45, 7) is 6.00. The predicted octanol–water partition coefficient (Wildman–Crippen LogP) is 2.77. The van der Waals surface area contributed by atoms with E-state index >= 15 is 0 Å². The van der Waals surface area contributed by atoms with Crippen LogP contribution in [0.3, 0.4) is 0 Å². The molecule has 1 aromatic carbocycles. The minimum atomic E-state index is 0.0514. The minimum Gasteiger partial charge on any atom is -0.491 e. The molecule has 0 amide bonds. The van der Waals surface area contributed by atoms with E-state index in [1.807, 2.05) is 25.1 Å². The average Bonchev–Trinajstić information content (AvgIpc) is 2.37. The lowest BCUT2D eigenvalue weighted by Crippen LogP contribution is -2.44. The highest BCUT2D eigenvalue weighted by molar-refractivity contribution is 5.79. The zero-order chi connectivity index (χ0) is 13.9. The van der Waals surface area contributed by atoms with Gasteiger partial charge in [-0.2, -0.15) is 5.53 Å². The first-order valence-corrected chi connectivity index (χ1v) is 6.06. The third kappa shape index (κ3) is 2.90. The van der Waals surface area contributed by atoms with E-state index in [0.29, 0.717) is 31.3 Å². The fraction of sp³-hybridized carbons (Fsp3) is 0.462. The highest BCUT2D eigenvalue weighted by Gasteiger charge is 2.34. The lowest BCUT2D eigenvalue weighted by atomic mass is 9.90. The molecule has 0 bridgehead atoms. The van der Waals surface area contributed by atoms with Crippen molar-refractivity contribution in [3.05, 3.63) is 23.8 Å². The smallest absolute Gasteiger partial charge is 0.145 e. The number of anilines is 1. The van der Waals surface area contributed by atoms with Gasteiger partial charge in [-0.3, -0.25) is 5.41 Å². The lowest BCUT2D eigenvalue weighted by molar-refractivity contribution is -0.120. The molecule has 1 aliphatic rings. The topological polar surface area (TPSA) is 81.8 Å². The molecule has 2 rings (SSSR count). The van der Waals surface area contributed by atoms with Crippen LogP contribution in [0, 0.1) is 23.3 Å². The van der Waals surface area contributed by atoms with Crippen LogP contribution in [-0.2, 0) is 4.74 Å². The summed E-state index contributed by atoms with van der Waals surface area (Å²) in [6, 6.07) is 5.62. The summed E-state index contributed by atoms with van der Waals surface area (Å²) >= 11 is 0. The van der Waals surface area contributed by atoms with Gasteiger partial charge in [-0.1, -0.05) is 18.2 Å². The van der Waals surface area contributed by atoms with Crippen molar-refractivity contribution < 1.29 is 9.47 Å². The maximum Gasteiger partial charge on any atom is 0.145 e. The molecule has 0 atom stereocenters. The number of hydrogen-bond acceptors (Lipinski definition) is 5. The van der Waals surface area contributed by atoms with Crippen molar-refractivity contribution in [2.45, 2.75) is 13.8 Å². The monoisotopic (exact) mass is 262 g/mol. The summed E-state index contributed by atoms with van der Waals surface area (Å²) in [6.07, 6.45) is 0.989. The fourth-order valence-corrected chi connectivity index (χ4v) is 1.87. The van der Waals surface area contributed by atoms with Gasteiger partial charge in [0.15, 0.2) is 0 Å². The van der Waals surface area contributed by atoms with Gasteiger partial charge >= 0.3 is 0 Å². The van der Waals surface area contributed by atoms with Gasteiger partial charge in [-0.15, -0.1) is 0 Å². The van der Waals surface area contributed by atoms with Gasteiger partial charge in [0, 0.05) is 5.41 Å². The van der Waals surface area contributed by atoms with Crippen LogP contribution < -0.4 is 9.75 Å². The quantitative estimate of drug-likeness (QED) is 0.358. The Kier molecular flexibility index (Phi) is 3.80. The molecule has 1 fully saturated rings. The van der Waals surface area contributed by atoms with E-state index in [1.165, 1.54) is 5.01 Å². The first-order chi connectivity index (χ1) is 9.08. The van der Waals surface area contributed by atoms with Gasteiger partial charge in [0.2, 0.25) is 0 Å². The standard InChI is InChI=1S/C13H18N4O2/c1-10-3-4-12(11(5-10)17(9-14)16-15)19-8-13(2)6-18-7-13/h3-5,9,14-15H,6-8H2,1-2H3. The molecule has 1 aliphatic heterocycles. The second kappa shape index (κ2) is 5.36. The van der Waals surface area contributed by atoms with Crippen LogP contribution in [0.25, 0.3) is 0 Å². The second-order valence-electron chi connectivity index (χ2n) is 5.14. The summed E-state index contributed by atoms with van der Waals surface area (Å²) in [5, 5.41) is 11.7. The fourth-order valence-electron chi connectivity index (χ4n) is 1.87. The molecule has 0 radical (unpaired) electrons. The Morgan fingerprint density at radius 1 is 1.53 bits per heavy atom. The average molecular weight is 262 g/mol. The van der Waals surface area contributed by atoms with Gasteiger partial charge < -0.3 is 9.47 Å². The van der Waals surface area contributed by atoms with Gasteiger partial charge in [0.1, 0.15) is 17.8 Å². The van der Waals surface area contributed by atoms with Crippen LogP contribution in [0.1, 0.15) is 12.5 Å². The molecule has 19 heavy (non-hydrogen) atoms. The van der Waals surface area contributed by atoms with Crippen molar-refractivity contribution in [1.82, 2.24) is 0 Å². The second-order valence-corrected chi connectivity index (χ2v) is 5.14. The molecule has 2 N–H and O–H groups in total. The lowest BCUT2D eigenvalue weighted by Gasteiger charge is -2.37. The van der Waals surface area contributed by atoms with Crippen LogP contribution >= 0.6 is 0 Å². The maximum atomic E-state index is 7.28. The minimum absolute atomic E-state index is 0.0514. The zero-order valence-electron chi connectivity index (χ0n) is 11.1. The third-order valence-corrected chi connectivity index (χ3v) is 3.07. The van der Waals surface area contributed by atoms with Crippen LogP contribution in [0.2, 0.25) is 0 Å². The molecule has 0 aliphatic carbocycles. The molecule has 0 unspecified atom stereocenters. The van der Waals surface area contributed by atoms with E-state index in [1.54, 1.807) is 0 Å². The summed E-state index contributed by atoms with van der Waals surface area (Å²) < 4.78 is 11.0. The number of rotatable bonds is 6. The Morgan fingerprint density at radius 2 is 2.26 bits per heavy atom. The van der Waals surface area contributed by atoms with E-state index in [4.69, 9.17) is 20.4 Å². The number of nitrogens with zero attached hydrogens (tertiary/aromatic N) is 2. The van der Waals surface area contributed by atoms with Gasteiger partial charge in [-0.05, 0) is 24.6 Å². The zero-order valence-corrected chi connectivity index (χ0v) is 11.1. The summed E-state index contributed by atoms with van der Waals surface area (Å²) in [5.41, 5.74) is 8.77. The molecule has 0 aromatic heterocycles. The third-order valence-electron chi connectivity index (χ3n) is 3.07. The molecule has 6 nitrogen and oxygen atoms in total. The Morgan fingerprint density at radius 3 is 2.79 bits per heavy atom. The van der Waals surface area contributed by atoms with Crippen LogP contribution in [-0.4, -0.2) is 26.2 Å². The largest absolute Gasteiger partial charge is 0.491 e. The number of aryl methyl sites for hydroxylation is 1. The van der Waals surface area contributed by atoms with E-state index in [0.717, 1.165) is 11.9 Å². The molecule has 6 heteroatoms. The van der Waals surface area contributed by atoms with Crippen molar-refractivity contribution >= 4 is 12.0 Å². The van der Waals surface area contributed by atoms with Crippen molar-refractivity contribution in [2.24, 2.45) is 10.6 Å². The van der Waals surface area contributed by atoms with E-state index < -0.39 is 0 Å². The molecule has 102 valence electrons. The van der Waals surface area contributed by atoms with E-state index in [9.17, 15) is 0 Å². The highest BCUT2D eigenvalue weighted by atomic mass is 16.5. The van der Waals surface area contributed by atoms with Crippen molar-refractivity contribution in [3.63, 3.8) is 0 Å². The summed E-state index contributed by atoms with van der Waals surface area (Å²) in [7, 11) is 0. The van der Waals surface area contributed by atoms with Gasteiger partial charge in [-0.25, -0.2) is 5.01 Å². The number of benzene rings is 1. The Bertz CT molecular complexity index is 478. The van der Waals surface area contributed by atoms with Crippen LogP contribution in [0.15, 0.2) is 23.4 Å². The molecular formula is C13H18N4O2. The first-order valence-electron chi connectivity index (χ1n) is 6.06. The highest BCUT2D eigenvalue weighted by Crippen LogP contribution is 2.32. The molecule has 1 heterocycles. The predicted molar refractivity (Wildman–Crippen MR) is 72.0 cm³/mol. The molecular weight excluding hydrogens is 244 g/mol. The molecule has 1 saturated heterocycles. The summed E-state index contributed by atoms with van der Waals surface area (Å²) in [5.74, 6) is 0.623. The van der Waals surface area contributed by atoms with Crippen LogP contribution in [0.5, 0.6) is 5.75 Å². The Balaban J connectivity index is 2.18. The number of nitrogens with one attached hydrogen (secondary N) is 2. The van der Waals surface area contributed by atoms with Gasteiger partial charge in [0.25, 0.3) is 0 Å². The van der Waals surface area contributed by atoms with Crippen LogP contribution in [0.4, 0.5) is 5.69 Å². The Hall–Kier alpha value is -1.95.